The molecule has 1 saturated carbocycles. The summed E-state index contributed by atoms with van der Waals surface area (Å²) in [5.74, 6) is 0. The summed E-state index contributed by atoms with van der Waals surface area (Å²) in [6.45, 7) is 0. The van der Waals surface area contributed by atoms with Crippen molar-refractivity contribution in [1.29, 1.82) is 0 Å². The van der Waals surface area contributed by atoms with Gasteiger partial charge in [-0.2, -0.15) is 0 Å². The molecule has 1 aromatic heterocycles. The van der Waals surface area contributed by atoms with Crippen LogP contribution in [0.5, 0.6) is 0 Å². The van der Waals surface area contributed by atoms with Crippen molar-refractivity contribution in [2.45, 2.75) is 42.9 Å². The SMILES string of the molecule is N[C@H]1CC[C@H](NS(=O)(=O)c2ccco2)CC1. The van der Waals surface area contributed by atoms with Crippen LogP contribution in [-0.2, 0) is 10.0 Å². The fourth-order valence-electron chi connectivity index (χ4n) is 1.93. The van der Waals surface area contributed by atoms with E-state index in [0.717, 1.165) is 25.7 Å². The van der Waals surface area contributed by atoms with E-state index in [1.807, 2.05) is 0 Å². The smallest absolute Gasteiger partial charge is 0.274 e. The van der Waals surface area contributed by atoms with Crippen LogP contribution in [0, 0.1) is 0 Å². The number of hydrogen-bond donors (Lipinski definition) is 2. The maximum Gasteiger partial charge on any atom is 0.274 e. The summed E-state index contributed by atoms with van der Waals surface area (Å²) in [6, 6.07) is 3.20. The second kappa shape index (κ2) is 4.57. The molecule has 5 nitrogen and oxygen atoms in total. The average Bonchev–Trinajstić information content (AvgIpc) is 2.75. The van der Waals surface area contributed by atoms with Crippen molar-refractivity contribution >= 4 is 10.0 Å². The van der Waals surface area contributed by atoms with Crippen molar-refractivity contribution in [2.24, 2.45) is 5.73 Å². The van der Waals surface area contributed by atoms with E-state index in [-0.39, 0.29) is 17.2 Å². The summed E-state index contributed by atoms with van der Waals surface area (Å²) >= 11 is 0. The minimum atomic E-state index is -3.49. The third kappa shape index (κ3) is 2.63. The Morgan fingerprint density at radius 3 is 2.56 bits per heavy atom. The summed E-state index contributed by atoms with van der Waals surface area (Å²) in [6.07, 6.45) is 4.67. The van der Waals surface area contributed by atoms with Crippen LogP contribution < -0.4 is 10.5 Å². The summed E-state index contributed by atoms with van der Waals surface area (Å²) in [7, 11) is -3.49. The third-order valence-corrected chi connectivity index (χ3v) is 4.26. The molecular weight excluding hydrogens is 228 g/mol. The van der Waals surface area contributed by atoms with E-state index >= 15 is 0 Å². The Bertz CT molecular complexity index is 419. The zero-order valence-corrected chi connectivity index (χ0v) is 9.74. The molecule has 90 valence electrons. The van der Waals surface area contributed by atoms with Gasteiger partial charge < -0.3 is 10.2 Å². The molecule has 0 aromatic carbocycles. The molecule has 2 rings (SSSR count). The second-order valence-corrected chi connectivity index (χ2v) is 5.81. The lowest BCUT2D eigenvalue weighted by Gasteiger charge is -2.26. The van der Waals surface area contributed by atoms with Crippen LogP contribution in [-0.4, -0.2) is 20.5 Å². The highest BCUT2D eigenvalue weighted by molar-refractivity contribution is 7.89. The molecule has 1 aliphatic carbocycles. The predicted molar refractivity (Wildman–Crippen MR) is 59.3 cm³/mol. The summed E-state index contributed by atoms with van der Waals surface area (Å²) in [4.78, 5) is 0. The van der Waals surface area contributed by atoms with Gasteiger partial charge in [-0.3, -0.25) is 0 Å². The van der Waals surface area contributed by atoms with E-state index in [2.05, 4.69) is 4.72 Å². The standard InChI is InChI=1S/C10H16N2O3S/c11-8-3-5-9(6-4-8)12-16(13,14)10-2-1-7-15-10/h1-2,7-9,12H,3-6,11H2/t8-,9-. The van der Waals surface area contributed by atoms with Crippen LogP contribution in [0.1, 0.15) is 25.7 Å². The number of furan rings is 1. The average molecular weight is 244 g/mol. The molecule has 0 amide bonds. The van der Waals surface area contributed by atoms with Gasteiger partial charge in [0.1, 0.15) is 0 Å². The lowest BCUT2D eigenvalue weighted by molar-refractivity contribution is 0.368. The minimum absolute atomic E-state index is 0.0186. The lowest BCUT2D eigenvalue weighted by atomic mass is 9.93. The first kappa shape index (κ1) is 11.6. The molecule has 1 aliphatic rings. The zero-order chi connectivity index (χ0) is 11.6. The molecule has 1 fully saturated rings. The first-order valence-electron chi connectivity index (χ1n) is 5.39. The van der Waals surface area contributed by atoms with Crippen molar-refractivity contribution in [2.75, 3.05) is 0 Å². The molecular formula is C10H16N2O3S. The van der Waals surface area contributed by atoms with E-state index in [9.17, 15) is 8.42 Å². The van der Waals surface area contributed by atoms with Crippen LogP contribution in [0.15, 0.2) is 27.9 Å². The van der Waals surface area contributed by atoms with Crippen LogP contribution in [0.3, 0.4) is 0 Å². The molecule has 16 heavy (non-hydrogen) atoms. The molecule has 0 aliphatic heterocycles. The summed E-state index contributed by atoms with van der Waals surface area (Å²) in [5.41, 5.74) is 5.76. The first-order valence-corrected chi connectivity index (χ1v) is 6.87. The summed E-state index contributed by atoms with van der Waals surface area (Å²) < 4.78 is 31.1. The fourth-order valence-corrected chi connectivity index (χ4v) is 3.16. The number of rotatable bonds is 3. The number of sulfonamides is 1. The topological polar surface area (TPSA) is 85.3 Å². The Morgan fingerprint density at radius 2 is 2.00 bits per heavy atom. The highest BCUT2D eigenvalue weighted by Gasteiger charge is 2.25. The van der Waals surface area contributed by atoms with Crippen LogP contribution in [0.4, 0.5) is 0 Å². The van der Waals surface area contributed by atoms with Gasteiger partial charge >= 0.3 is 0 Å². The highest BCUT2D eigenvalue weighted by atomic mass is 32.2. The van der Waals surface area contributed by atoms with Crippen molar-refractivity contribution in [3.05, 3.63) is 18.4 Å². The van der Waals surface area contributed by atoms with Crippen LogP contribution in [0.25, 0.3) is 0 Å². The predicted octanol–water partition coefficient (Wildman–Crippen LogP) is 0.828. The highest BCUT2D eigenvalue weighted by Crippen LogP contribution is 2.19. The van der Waals surface area contributed by atoms with E-state index in [1.165, 1.54) is 12.3 Å². The Labute approximate surface area is 95.1 Å². The Balaban J connectivity index is 2.00. The van der Waals surface area contributed by atoms with Gasteiger partial charge in [0.2, 0.25) is 5.09 Å². The van der Waals surface area contributed by atoms with Crippen molar-refractivity contribution in [1.82, 2.24) is 4.72 Å². The molecule has 1 heterocycles. The largest absolute Gasteiger partial charge is 0.452 e. The molecule has 0 spiro atoms. The van der Waals surface area contributed by atoms with E-state index in [4.69, 9.17) is 10.2 Å². The van der Waals surface area contributed by atoms with Gasteiger partial charge in [-0.1, -0.05) is 0 Å². The van der Waals surface area contributed by atoms with Gasteiger partial charge in [-0.25, -0.2) is 13.1 Å². The first-order chi connectivity index (χ1) is 7.58. The molecule has 0 saturated heterocycles. The van der Waals surface area contributed by atoms with E-state index < -0.39 is 10.0 Å². The normalized spacial score (nSPS) is 26.8. The van der Waals surface area contributed by atoms with Crippen molar-refractivity contribution in [3.63, 3.8) is 0 Å². The number of nitrogens with one attached hydrogen (secondary N) is 1. The molecule has 3 N–H and O–H groups in total. The Kier molecular flexibility index (Phi) is 3.32. The summed E-state index contributed by atoms with van der Waals surface area (Å²) in [5, 5.41) is -0.0256. The molecule has 1 aromatic rings. The van der Waals surface area contributed by atoms with Crippen LogP contribution in [0.2, 0.25) is 0 Å². The molecule has 0 unspecified atom stereocenters. The van der Waals surface area contributed by atoms with Crippen molar-refractivity contribution in [3.8, 4) is 0 Å². The van der Waals surface area contributed by atoms with Gasteiger partial charge in [-0.05, 0) is 37.8 Å². The molecule has 0 atom stereocenters. The number of hydrogen-bond acceptors (Lipinski definition) is 4. The maximum atomic E-state index is 11.8. The van der Waals surface area contributed by atoms with Crippen LogP contribution >= 0.6 is 0 Å². The second-order valence-electron chi connectivity index (χ2n) is 4.17. The fraction of sp³-hybridized carbons (Fsp3) is 0.600. The Morgan fingerprint density at radius 1 is 1.31 bits per heavy atom. The van der Waals surface area contributed by atoms with Crippen molar-refractivity contribution < 1.29 is 12.8 Å². The van der Waals surface area contributed by atoms with E-state index in [1.54, 1.807) is 6.07 Å². The van der Waals surface area contributed by atoms with E-state index in [0.29, 0.717) is 0 Å². The lowest BCUT2D eigenvalue weighted by Crippen LogP contribution is -2.40. The Hall–Kier alpha value is -0.850. The maximum absolute atomic E-state index is 11.8. The third-order valence-electron chi connectivity index (χ3n) is 2.85. The minimum Gasteiger partial charge on any atom is -0.452 e. The van der Waals surface area contributed by atoms with Gasteiger partial charge in [0, 0.05) is 12.1 Å². The van der Waals surface area contributed by atoms with Gasteiger partial charge in [0.15, 0.2) is 0 Å². The monoisotopic (exact) mass is 244 g/mol. The quantitative estimate of drug-likeness (QED) is 0.824. The zero-order valence-electron chi connectivity index (χ0n) is 8.93. The van der Waals surface area contributed by atoms with Gasteiger partial charge in [-0.15, -0.1) is 0 Å². The van der Waals surface area contributed by atoms with Gasteiger partial charge in [0.25, 0.3) is 10.0 Å². The molecule has 6 heteroatoms. The van der Waals surface area contributed by atoms with Gasteiger partial charge in [0.05, 0.1) is 6.26 Å². The number of nitrogens with two attached hydrogens (primary N) is 1. The molecule has 0 bridgehead atoms. The molecule has 0 radical (unpaired) electrons.